The summed E-state index contributed by atoms with van der Waals surface area (Å²) in [5, 5.41) is 0. The van der Waals surface area contributed by atoms with E-state index in [0.29, 0.717) is 11.3 Å². The van der Waals surface area contributed by atoms with Gasteiger partial charge in [-0.05, 0) is 25.1 Å². The van der Waals surface area contributed by atoms with Crippen molar-refractivity contribution in [2.75, 3.05) is 13.7 Å². The lowest BCUT2D eigenvalue weighted by atomic mass is 10.2. The average Bonchev–Trinajstić information content (AvgIpc) is 2.93. The number of esters is 1. The highest BCUT2D eigenvalue weighted by Crippen LogP contribution is 2.30. The number of oxazole rings is 1. The fraction of sp³-hybridized carbons (Fsp3) is 0.286. The molecule has 1 aromatic carbocycles. The minimum atomic E-state index is -2.94. The van der Waals surface area contributed by atoms with Crippen molar-refractivity contribution in [2.45, 2.75) is 13.3 Å². The van der Waals surface area contributed by atoms with E-state index in [-0.39, 0.29) is 12.5 Å². The van der Waals surface area contributed by atoms with Crippen molar-refractivity contribution in [1.82, 2.24) is 4.98 Å². The number of benzene rings is 1. The number of methoxy groups -OCH3 is 1. The van der Waals surface area contributed by atoms with Gasteiger partial charge in [0, 0.05) is 5.56 Å². The van der Waals surface area contributed by atoms with Crippen molar-refractivity contribution in [2.24, 2.45) is 0 Å². The highest BCUT2D eigenvalue weighted by molar-refractivity contribution is 5.88. The summed E-state index contributed by atoms with van der Waals surface area (Å²) in [5.41, 5.74) is -0.307. The summed E-state index contributed by atoms with van der Waals surface area (Å²) >= 11 is 0. The average molecular weight is 297 g/mol. The first-order chi connectivity index (χ1) is 10.1. The standard InChI is InChI=1S/C14H13F2NO4/c1-3-20-14(18)11-10(12(15)16)17-13(21-11)8-5-4-6-9(7-8)19-2/h4-7,12H,3H2,1-2H3. The third-order valence-corrected chi connectivity index (χ3v) is 2.64. The third kappa shape index (κ3) is 3.18. The molecule has 0 aliphatic heterocycles. The number of hydrogen-bond donors (Lipinski definition) is 0. The number of aromatic nitrogens is 1. The Labute approximate surface area is 119 Å². The van der Waals surface area contributed by atoms with Gasteiger partial charge in [-0.15, -0.1) is 0 Å². The van der Waals surface area contributed by atoms with Crippen LogP contribution in [0.3, 0.4) is 0 Å². The molecule has 0 amide bonds. The van der Waals surface area contributed by atoms with Gasteiger partial charge in [-0.25, -0.2) is 18.6 Å². The topological polar surface area (TPSA) is 61.6 Å². The normalized spacial score (nSPS) is 10.7. The molecule has 0 saturated carbocycles. The second-order valence-electron chi connectivity index (χ2n) is 3.99. The lowest BCUT2D eigenvalue weighted by Gasteiger charge is -2.00. The molecule has 7 heteroatoms. The first-order valence-electron chi connectivity index (χ1n) is 6.17. The van der Waals surface area contributed by atoms with E-state index >= 15 is 0 Å². The number of halogens is 2. The highest BCUT2D eigenvalue weighted by Gasteiger charge is 2.28. The molecule has 2 rings (SSSR count). The van der Waals surface area contributed by atoms with E-state index in [9.17, 15) is 13.6 Å². The van der Waals surface area contributed by atoms with Crippen LogP contribution in [0.5, 0.6) is 5.75 Å². The SMILES string of the molecule is CCOC(=O)c1oc(-c2cccc(OC)c2)nc1C(F)F. The molecule has 0 aliphatic carbocycles. The Kier molecular flexibility index (Phi) is 4.52. The Morgan fingerprint density at radius 1 is 1.43 bits per heavy atom. The van der Waals surface area contributed by atoms with Gasteiger partial charge in [0.1, 0.15) is 5.75 Å². The molecule has 0 unspecified atom stereocenters. The minimum Gasteiger partial charge on any atom is -0.497 e. The van der Waals surface area contributed by atoms with Crippen LogP contribution in [0.25, 0.3) is 11.5 Å². The molecular formula is C14H13F2NO4. The summed E-state index contributed by atoms with van der Waals surface area (Å²) in [6.07, 6.45) is -2.94. The van der Waals surface area contributed by atoms with E-state index in [1.165, 1.54) is 7.11 Å². The van der Waals surface area contributed by atoms with Crippen LogP contribution < -0.4 is 4.74 Å². The highest BCUT2D eigenvalue weighted by atomic mass is 19.3. The molecule has 0 atom stereocenters. The molecule has 21 heavy (non-hydrogen) atoms. The molecule has 112 valence electrons. The summed E-state index contributed by atoms with van der Waals surface area (Å²) in [6.45, 7) is 1.62. The number of rotatable bonds is 5. The quantitative estimate of drug-likeness (QED) is 0.791. The maximum absolute atomic E-state index is 12.9. The van der Waals surface area contributed by atoms with Gasteiger partial charge in [-0.1, -0.05) is 6.07 Å². The van der Waals surface area contributed by atoms with Crippen molar-refractivity contribution in [3.63, 3.8) is 0 Å². The summed E-state index contributed by atoms with van der Waals surface area (Å²) in [4.78, 5) is 15.3. The number of hydrogen-bond acceptors (Lipinski definition) is 5. The van der Waals surface area contributed by atoms with Crippen LogP contribution in [0.1, 0.15) is 29.6 Å². The first kappa shape index (κ1) is 15.0. The Hall–Kier alpha value is -2.44. The number of nitrogens with zero attached hydrogens (tertiary/aromatic N) is 1. The van der Waals surface area contributed by atoms with Gasteiger partial charge in [-0.3, -0.25) is 0 Å². The molecule has 0 bridgehead atoms. The minimum absolute atomic E-state index is 0.0523. The smallest absolute Gasteiger partial charge is 0.376 e. The van der Waals surface area contributed by atoms with Gasteiger partial charge >= 0.3 is 5.97 Å². The van der Waals surface area contributed by atoms with Gasteiger partial charge in [0.2, 0.25) is 11.7 Å². The largest absolute Gasteiger partial charge is 0.497 e. The number of alkyl halides is 2. The molecule has 0 N–H and O–H groups in total. The predicted molar refractivity (Wildman–Crippen MR) is 69.4 cm³/mol. The van der Waals surface area contributed by atoms with Gasteiger partial charge < -0.3 is 13.9 Å². The Morgan fingerprint density at radius 2 is 2.19 bits per heavy atom. The monoisotopic (exact) mass is 297 g/mol. The molecule has 0 radical (unpaired) electrons. The Bertz CT molecular complexity index is 640. The molecular weight excluding hydrogens is 284 g/mol. The predicted octanol–water partition coefficient (Wildman–Crippen LogP) is 3.46. The van der Waals surface area contributed by atoms with Crippen molar-refractivity contribution in [3.05, 3.63) is 35.7 Å². The van der Waals surface area contributed by atoms with Gasteiger partial charge in [0.15, 0.2) is 5.69 Å². The number of ether oxygens (including phenoxy) is 2. The van der Waals surface area contributed by atoms with Crippen LogP contribution in [0.15, 0.2) is 28.7 Å². The van der Waals surface area contributed by atoms with Crippen LogP contribution in [0.4, 0.5) is 8.78 Å². The lowest BCUT2D eigenvalue weighted by Crippen LogP contribution is -2.06. The Morgan fingerprint density at radius 3 is 2.81 bits per heavy atom. The molecule has 1 aromatic heterocycles. The molecule has 2 aromatic rings. The van der Waals surface area contributed by atoms with E-state index in [2.05, 4.69) is 9.72 Å². The zero-order chi connectivity index (χ0) is 15.4. The van der Waals surface area contributed by atoms with Crippen molar-refractivity contribution in [3.8, 4) is 17.2 Å². The maximum atomic E-state index is 12.9. The fourth-order valence-corrected chi connectivity index (χ4v) is 1.70. The lowest BCUT2D eigenvalue weighted by molar-refractivity contribution is 0.0476. The van der Waals surface area contributed by atoms with Crippen LogP contribution >= 0.6 is 0 Å². The van der Waals surface area contributed by atoms with Crippen LogP contribution in [0, 0.1) is 0 Å². The zero-order valence-corrected chi connectivity index (χ0v) is 11.4. The second-order valence-corrected chi connectivity index (χ2v) is 3.99. The molecule has 5 nitrogen and oxygen atoms in total. The van der Waals surface area contributed by atoms with E-state index in [1.54, 1.807) is 31.2 Å². The van der Waals surface area contributed by atoms with Crippen molar-refractivity contribution < 1.29 is 27.5 Å². The second kappa shape index (κ2) is 6.34. The third-order valence-electron chi connectivity index (χ3n) is 2.64. The maximum Gasteiger partial charge on any atom is 0.376 e. The van der Waals surface area contributed by atoms with Gasteiger partial charge in [-0.2, -0.15) is 0 Å². The van der Waals surface area contributed by atoms with E-state index in [0.717, 1.165) is 0 Å². The number of carbonyl (C=O) groups is 1. The van der Waals surface area contributed by atoms with Crippen LogP contribution in [-0.2, 0) is 4.74 Å². The van der Waals surface area contributed by atoms with E-state index < -0.39 is 23.8 Å². The van der Waals surface area contributed by atoms with Crippen LogP contribution in [0.2, 0.25) is 0 Å². The van der Waals surface area contributed by atoms with Gasteiger partial charge in [0.25, 0.3) is 6.43 Å². The summed E-state index contributed by atoms with van der Waals surface area (Å²) in [6, 6.07) is 6.52. The molecule has 0 aliphatic rings. The molecule has 0 spiro atoms. The van der Waals surface area contributed by atoms with Crippen LogP contribution in [-0.4, -0.2) is 24.7 Å². The number of carbonyl (C=O) groups excluding carboxylic acids is 1. The fourth-order valence-electron chi connectivity index (χ4n) is 1.70. The summed E-state index contributed by atoms with van der Waals surface area (Å²) in [5.74, 6) is -1.12. The zero-order valence-electron chi connectivity index (χ0n) is 11.4. The van der Waals surface area contributed by atoms with Crippen molar-refractivity contribution >= 4 is 5.97 Å². The van der Waals surface area contributed by atoms with Crippen molar-refractivity contribution in [1.29, 1.82) is 0 Å². The Balaban J connectivity index is 2.45. The van der Waals surface area contributed by atoms with E-state index in [4.69, 9.17) is 9.15 Å². The summed E-state index contributed by atoms with van der Waals surface area (Å²) < 4.78 is 40.8. The van der Waals surface area contributed by atoms with Gasteiger partial charge in [0.05, 0.1) is 13.7 Å². The molecule has 1 heterocycles. The first-order valence-corrected chi connectivity index (χ1v) is 6.17. The molecule has 0 fully saturated rings. The molecule has 0 saturated heterocycles. The summed E-state index contributed by atoms with van der Waals surface area (Å²) in [7, 11) is 1.48. The van der Waals surface area contributed by atoms with E-state index in [1.807, 2.05) is 0 Å².